The van der Waals surface area contributed by atoms with Crippen molar-refractivity contribution in [1.29, 1.82) is 0 Å². The molecular formula is C11H23N3O2. The molecule has 0 aromatic heterocycles. The highest BCUT2D eigenvalue weighted by molar-refractivity contribution is 5.81. The maximum atomic E-state index is 11.6. The summed E-state index contributed by atoms with van der Waals surface area (Å²) in [5, 5.41) is 0. The van der Waals surface area contributed by atoms with E-state index in [-0.39, 0.29) is 11.9 Å². The first-order valence-corrected chi connectivity index (χ1v) is 5.96. The highest BCUT2D eigenvalue weighted by Crippen LogP contribution is 2.21. The minimum Gasteiger partial charge on any atom is -0.383 e. The topological polar surface area (TPSA) is 67.6 Å². The lowest BCUT2D eigenvalue weighted by Crippen LogP contribution is -2.54. The standard InChI is InChI=1S/C11H23N3O2/c1-3-9-5-4-6-14(7-9)10(8-16-2)11(15)13-12/h9-10H,3-8,12H2,1-2H3,(H,13,15). The van der Waals surface area contributed by atoms with Gasteiger partial charge in [-0.15, -0.1) is 0 Å². The fourth-order valence-electron chi connectivity index (χ4n) is 2.31. The van der Waals surface area contributed by atoms with Crippen molar-refractivity contribution in [3.8, 4) is 0 Å². The quantitative estimate of drug-likeness (QED) is 0.399. The van der Waals surface area contributed by atoms with Gasteiger partial charge in [0, 0.05) is 13.7 Å². The number of carbonyl (C=O) groups is 1. The molecule has 5 heteroatoms. The third kappa shape index (κ3) is 3.43. The summed E-state index contributed by atoms with van der Waals surface area (Å²) < 4.78 is 5.09. The zero-order valence-corrected chi connectivity index (χ0v) is 10.2. The summed E-state index contributed by atoms with van der Waals surface area (Å²) in [5.41, 5.74) is 2.22. The molecule has 0 aromatic carbocycles. The number of hydrogen-bond acceptors (Lipinski definition) is 4. The molecule has 1 rings (SSSR count). The molecule has 0 saturated carbocycles. The predicted octanol–water partition coefficient (Wildman–Crippen LogP) is 0.113. The normalized spacial score (nSPS) is 24.1. The summed E-state index contributed by atoms with van der Waals surface area (Å²) >= 11 is 0. The molecule has 0 radical (unpaired) electrons. The lowest BCUT2D eigenvalue weighted by atomic mass is 9.94. The zero-order valence-electron chi connectivity index (χ0n) is 10.2. The van der Waals surface area contributed by atoms with Crippen molar-refractivity contribution < 1.29 is 9.53 Å². The molecule has 1 fully saturated rings. The van der Waals surface area contributed by atoms with E-state index in [1.54, 1.807) is 7.11 Å². The number of likely N-dealkylation sites (tertiary alicyclic amines) is 1. The van der Waals surface area contributed by atoms with Crippen LogP contribution in [0, 0.1) is 5.92 Å². The Morgan fingerprint density at radius 2 is 2.44 bits per heavy atom. The Labute approximate surface area is 97.3 Å². The molecule has 1 amide bonds. The van der Waals surface area contributed by atoms with Crippen LogP contribution < -0.4 is 11.3 Å². The summed E-state index contributed by atoms with van der Waals surface area (Å²) in [6.45, 7) is 4.53. The first-order chi connectivity index (χ1) is 7.72. The molecule has 2 atom stereocenters. The Bertz CT molecular complexity index is 223. The second kappa shape index (κ2) is 6.83. The number of hydrogen-bond donors (Lipinski definition) is 2. The van der Waals surface area contributed by atoms with Gasteiger partial charge in [-0.3, -0.25) is 15.1 Å². The number of nitrogens with one attached hydrogen (secondary N) is 1. The van der Waals surface area contributed by atoms with Crippen LogP contribution in [0.4, 0.5) is 0 Å². The number of amides is 1. The summed E-state index contributed by atoms with van der Waals surface area (Å²) in [6, 6.07) is -0.246. The van der Waals surface area contributed by atoms with Crippen molar-refractivity contribution in [2.45, 2.75) is 32.2 Å². The maximum Gasteiger partial charge on any atom is 0.253 e. The number of methoxy groups -OCH3 is 1. The smallest absolute Gasteiger partial charge is 0.253 e. The number of hydrazine groups is 1. The van der Waals surface area contributed by atoms with E-state index in [1.807, 2.05) is 0 Å². The fraction of sp³-hybridized carbons (Fsp3) is 0.909. The fourth-order valence-corrected chi connectivity index (χ4v) is 2.31. The average Bonchev–Trinajstić information content (AvgIpc) is 2.35. The van der Waals surface area contributed by atoms with Crippen LogP contribution in [-0.2, 0) is 9.53 Å². The largest absolute Gasteiger partial charge is 0.383 e. The van der Waals surface area contributed by atoms with Crippen LogP contribution in [0.2, 0.25) is 0 Å². The van der Waals surface area contributed by atoms with Crippen molar-refractivity contribution in [1.82, 2.24) is 10.3 Å². The third-order valence-corrected chi connectivity index (χ3v) is 3.34. The molecule has 0 bridgehead atoms. The second-order valence-electron chi connectivity index (χ2n) is 4.39. The van der Waals surface area contributed by atoms with Crippen molar-refractivity contribution in [3.05, 3.63) is 0 Å². The van der Waals surface area contributed by atoms with E-state index >= 15 is 0 Å². The summed E-state index contributed by atoms with van der Waals surface area (Å²) in [4.78, 5) is 13.8. The Balaban J connectivity index is 2.58. The summed E-state index contributed by atoms with van der Waals surface area (Å²) in [7, 11) is 1.61. The molecule has 2 unspecified atom stereocenters. The van der Waals surface area contributed by atoms with E-state index < -0.39 is 0 Å². The Morgan fingerprint density at radius 3 is 3.00 bits per heavy atom. The number of nitrogens with zero attached hydrogens (tertiary/aromatic N) is 1. The van der Waals surface area contributed by atoms with Crippen molar-refractivity contribution in [2.24, 2.45) is 11.8 Å². The van der Waals surface area contributed by atoms with Crippen LogP contribution in [-0.4, -0.2) is 43.7 Å². The van der Waals surface area contributed by atoms with Crippen LogP contribution in [0.1, 0.15) is 26.2 Å². The summed E-state index contributed by atoms with van der Waals surface area (Å²) in [5.74, 6) is 5.73. The van der Waals surface area contributed by atoms with Gasteiger partial charge in [0.05, 0.1) is 6.61 Å². The van der Waals surface area contributed by atoms with Crippen LogP contribution in [0.25, 0.3) is 0 Å². The van der Waals surface area contributed by atoms with E-state index in [4.69, 9.17) is 10.6 Å². The van der Waals surface area contributed by atoms with E-state index in [9.17, 15) is 4.79 Å². The van der Waals surface area contributed by atoms with Gasteiger partial charge in [-0.2, -0.15) is 0 Å². The molecule has 1 heterocycles. The van der Waals surface area contributed by atoms with Crippen LogP contribution >= 0.6 is 0 Å². The number of nitrogens with two attached hydrogens (primary N) is 1. The molecule has 3 N–H and O–H groups in total. The molecule has 0 aromatic rings. The average molecular weight is 229 g/mol. The van der Waals surface area contributed by atoms with Crippen molar-refractivity contribution >= 4 is 5.91 Å². The maximum absolute atomic E-state index is 11.6. The van der Waals surface area contributed by atoms with Gasteiger partial charge >= 0.3 is 0 Å². The Hall–Kier alpha value is -0.650. The number of piperidine rings is 1. The Morgan fingerprint density at radius 1 is 1.69 bits per heavy atom. The number of ether oxygens (including phenoxy) is 1. The van der Waals surface area contributed by atoms with E-state index in [1.165, 1.54) is 12.8 Å². The van der Waals surface area contributed by atoms with Gasteiger partial charge < -0.3 is 4.74 Å². The highest BCUT2D eigenvalue weighted by Gasteiger charge is 2.29. The van der Waals surface area contributed by atoms with Crippen LogP contribution in [0.15, 0.2) is 0 Å². The minimum absolute atomic E-state index is 0.154. The first kappa shape index (κ1) is 13.4. The molecule has 94 valence electrons. The third-order valence-electron chi connectivity index (χ3n) is 3.34. The molecule has 1 aliphatic heterocycles. The van der Waals surface area contributed by atoms with Gasteiger partial charge in [0.2, 0.25) is 0 Å². The van der Waals surface area contributed by atoms with Crippen molar-refractivity contribution in [2.75, 3.05) is 26.8 Å². The molecule has 0 aliphatic carbocycles. The van der Waals surface area contributed by atoms with Crippen LogP contribution in [0.3, 0.4) is 0 Å². The van der Waals surface area contributed by atoms with Gasteiger partial charge in [-0.25, -0.2) is 5.84 Å². The zero-order chi connectivity index (χ0) is 12.0. The molecule has 0 spiro atoms. The van der Waals surface area contributed by atoms with Gasteiger partial charge in [0.25, 0.3) is 5.91 Å². The molecule has 1 aliphatic rings. The van der Waals surface area contributed by atoms with E-state index in [0.29, 0.717) is 12.5 Å². The van der Waals surface area contributed by atoms with Crippen LogP contribution in [0.5, 0.6) is 0 Å². The van der Waals surface area contributed by atoms with Gasteiger partial charge in [-0.05, 0) is 25.3 Å². The molecule has 5 nitrogen and oxygen atoms in total. The summed E-state index contributed by atoms with van der Waals surface area (Å²) in [6.07, 6.45) is 3.58. The molecular weight excluding hydrogens is 206 g/mol. The SMILES string of the molecule is CCC1CCCN(C(COC)C(=O)NN)C1. The second-order valence-corrected chi connectivity index (χ2v) is 4.39. The Kier molecular flexibility index (Phi) is 5.73. The van der Waals surface area contributed by atoms with Crippen molar-refractivity contribution in [3.63, 3.8) is 0 Å². The lowest BCUT2D eigenvalue weighted by molar-refractivity contribution is -0.129. The molecule has 1 saturated heterocycles. The minimum atomic E-state index is -0.246. The number of carbonyl (C=O) groups excluding carboxylic acids is 1. The number of rotatable bonds is 5. The lowest BCUT2D eigenvalue weighted by Gasteiger charge is -2.36. The molecule has 16 heavy (non-hydrogen) atoms. The van der Waals surface area contributed by atoms with Gasteiger partial charge in [0.15, 0.2) is 0 Å². The first-order valence-electron chi connectivity index (χ1n) is 5.96. The van der Waals surface area contributed by atoms with Gasteiger partial charge in [-0.1, -0.05) is 13.3 Å². The monoisotopic (exact) mass is 229 g/mol. The van der Waals surface area contributed by atoms with E-state index in [2.05, 4.69) is 17.2 Å². The van der Waals surface area contributed by atoms with E-state index in [0.717, 1.165) is 19.5 Å². The van der Waals surface area contributed by atoms with Gasteiger partial charge in [0.1, 0.15) is 6.04 Å². The predicted molar refractivity (Wildman–Crippen MR) is 62.6 cm³/mol. The highest BCUT2D eigenvalue weighted by atomic mass is 16.5.